The van der Waals surface area contributed by atoms with Crippen molar-refractivity contribution in [3.63, 3.8) is 0 Å². The van der Waals surface area contributed by atoms with Crippen molar-refractivity contribution in [3.05, 3.63) is 75.3 Å². The fourth-order valence-corrected chi connectivity index (χ4v) is 3.28. The maximum Gasteiger partial charge on any atom is 0.311 e. The van der Waals surface area contributed by atoms with Crippen molar-refractivity contribution in [3.8, 4) is 5.75 Å². The number of phenolic OH excluding ortho intramolecular Hbond substituents is 1. The second-order valence-corrected chi connectivity index (χ2v) is 5.81. The van der Waals surface area contributed by atoms with Crippen molar-refractivity contribution < 1.29 is 10.0 Å². The van der Waals surface area contributed by atoms with Crippen molar-refractivity contribution in [1.29, 1.82) is 0 Å². The van der Waals surface area contributed by atoms with Gasteiger partial charge in [0.2, 0.25) is 5.75 Å². The maximum atomic E-state index is 10.9. The van der Waals surface area contributed by atoms with Crippen LogP contribution >= 0.6 is 0 Å². The van der Waals surface area contributed by atoms with Crippen LogP contribution in [0.2, 0.25) is 0 Å². The van der Waals surface area contributed by atoms with Gasteiger partial charge in [0.15, 0.2) is 0 Å². The van der Waals surface area contributed by atoms with E-state index in [1.165, 1.54) is 34.9 Å². The number of rotatable bonds is 3. The molecular weight excluding hydrogens is 304 g/mol. The van der Waals surface area contributed by atoms with Crippen LogP contribution < -0.4 is 0 Å². The average Bonchev–Trinajstić information content (AvgIpc) is 3.00. The van der Waals surface area contributed by atoms with Crippen LogP contribution in [0.25, 0.3) is 10.8 Å². The minimum Gasteiger partial charge on any atom is -0.502 e. The molecular formula is C19H14N2O3. The van der Waals surface area contributed by atoms with Gasteiger partial charge in [-0.3, -0.25) is 15.1 Å². The number of aliphatic imine (C=N–C) groups is 1. The van der Waals surface area contributed by atoms with Gasteiger partial charge < -0.3 is 5.11 Å². The second-order valence-electron chi connectivity index (χ2n) is 5.81. The van der Waals surface area contributed by atoms with Gasteiger partial charge >= 0.3 is 5.69 Å². The van der Waals surface area contributed by atoms with Crippen LogP contribution in [-0.4, -0.2) is 16.2 Å². The Morgan fingerprint density at radius 1 is 1.04 bits per heavy atom. The van der Waals surface area contributed by atoms with Gasteiger partial charge in [0.1, 0.15) is 0 Å². The van der Waals surface area contributed by atoms with Crippen molar-refractivity contribution in [2.75, 3.05) is 0 Å². The van der Waals surface area contributed by atoms with Gasteiger partial charge in [0.05, 0.1) is 10.6 Å². The topological polar surface area (TPSA) is 75.7 Å². The van der Waals surface area contributed by atoms with E-state index >= 15 is 0 Å². The van der Waals surface area contributed by atoms with Gasteiger partial charge in [-0.2, -0.15) is 0 Å². The van der Waals surface area contributed by atoms with E-state index < -0.39 is 4.92 Å². The van der Waals surface area contributed by atoms with Crippen molar-refractivity contribution in [2.24, 2.45) is 4.99 Å². The zero-order chi connectivity index (χ0) is 16.7. The van der Waals surface area contributed by atoms with E-state index in [1.807, 2.05) is 18.2 Å². The summed E-state index contributed by atoms with van der Waals surface area (Å²) in [5, 5.41) is 23.3. The van der Waals surface area contributed by atoms with Crippen molar-refractivity contribution in [2.45, 2.75) is 12.8 Å². The highest BCUT2D eigenvalue weighted by Crippen LogP contribution is 2.36. The Balaban J connectivity index is 1.80. The highest BCUT2D eigenvalue weighted by atomic mass is 16.6. The third-order valence-electron chi connectivity index (χ3n) is 4.44. The molecule has 0 saturated heterocycles. The quantitative estimate of drug-likeness (QED) is 0.444. The third kappa shape index (κ3) is 2.22. The van der Waals surface area contributed by atoms with Gasteiger partial charge in [0, 0.05) is 23.2 Å². The Kier molecular flexibility index (Phi) is 3.27. The molecule has 0 aromatic heterocycles. The third-order valence-corrected chi connectivity index (χ3v) is 4.44. The van der Waals surface area contributed by atoms with E-state index in [4.69, 9.17) is 0 Å². The number of para-hydroxylation sites is 1. The molecule has 1 aliphatic rings. The highest BCUT2D eigenvalue weighted by molar-refractivity contribution is 6.00. The largest absolute Gasteiger partial charge is 0.502 e. The summed E-state index contributed by atoms with van der Waals surface area (Å²) in [5.41, 5.74) is 3.46. The summed E-state index contributed by atoms with van der Waals surface area (Å²) in [5.74, 6) is -0.364. The lowest BCUT2D eigenvalue weighted by atomic mass is 10.0. The number of nitrogens with zero attached hydrogens (tertiary/aromatic N) is 2. The summed E-state index contributed by atoms with van der Waals surface area (Å²) in [6.07, 6.45) is 3.57. The van der Waals surface area contributed by atoms with E-state index in [-0.39, 0.29) is 11.4 Å². The molecule has 0 amide bonds. The Labute approximate surface area is 138 Å². The van der Waals surface area contributed by atoms with Gasteiger partial charge in [-0.15, -0.1) is 0 Å². The fraction of sp³-hybridized carbons (Fsp3) is 0.105. The van der Waals surface area contributed by atoms with Crippen LogP contribution in [0.15, 0.2) is 53.5 Å². The summed E-state index contributed by atoms with van der Waals surface area (Å²) in [6, 6.07) is 14.6. The molecule has 0 heterocycles. The lowest BCUT2D eigenvalue weighted by Crippen LogP contribution is -1.91. The first-order valence-electron chi connectivity index (χ1n) is 7.69. The summed E-state index contributed by atoms with van der Waals surface area (Å²) >= 11 is 0. The molecule has 5 heteroatoms. The van der Waals surface area contributed by atoms with E-state index in [1.54, 1.807) is 6.07 Å². The van der Waals surface area contributed by atoms with E-state index in [9.17, 15) is 15.2 Å². The zero-order valence-corrected chi connectivity index (χ0v) is 12.8. The minimum absolute atomic E-state index is 0.320. The monoisotopic (exact) mass is 318 g/mol. The predicted octanol–water partition coefficient (Wildman–Crippen LogP) is 4.30. The van der Waals surface area contributed by atoms with Gasteiger partial charge in [-0.05, 0) is 41.5 Å². The first-order valence-corrected chi connectivity index (χ1v) is 7.69. The summed E-state index contributed by atoms with van der Waals surface area (Å²) in [7, 11) is 0. The Morgan fingerprint density at radius 3 is 2.58 bits per heavy atom. The van der Waals surface area contributed by atoms with Crippen molar-refractivity contribution in [1.82, 2.24) is 0 Å². The number of aromatic hydroxyl groups is 1. The molecule has 24 heavy (non-hydrogen) atoms. The molecule has 118 valence electrons. The molecule has 0 spiro atoms. The number of phenols is 1. The van der Waals surface area contributed by atoms with E-state index in [2.05, 4.69) is 17.1 Å². The average molecular weight is 318 g/mol. The Hall–Kier alpha value is -3.21. The van der Waals surface area contributed by atoms with Crippen LogP contribution in [-0.2, 0) is 12.8 Å². The number of nitro groups is 1. The van der Waals surface area contributed by atoms with E-state index in [0.29, 0.717) is 5.56 Å². The molecule has 3 aromatic rings. The first kappa shape index (κ1) is 14.4. The molecule has 5 nitrogen and oxygen atoms in total. The molecule has 0 bridgehead atoms. The van der Waals surface area contributed by atoms with Crippen LogP contribution in [0.3, 0.4) is 0 Å². The number of benzene rings is 3. The highest BCUT2D eigenvalue weighted by Gasteiger charge is 2.17. The second kappa shape index (κ2) is 5.45. The first-order chi connectivity index (χ1) is 11.6. The predicted molar refractivity (Wildman–Crippen MR) is 93.4 cm³/mol. The standard InChI is InChI=1S/C19H14N2O3/c22-19-14(4-2-6-17(19)21(23)24)11-20-16-10-9-13-8-7-12-3-1-5-15(16)18(12)13/h1-6,9-11,22H,7-8H2. The molecule has 0 unspecified atom stereocenters. The number of hydrogen-bond acceptors (Lipinski definition) is 4. The SMILES string of the molecule is O=[N+]([O-])c1cccc(C=Nc2ccc3c4c(cccc24)CC3)c1O. The molecule has 1 aliphatic carbocycles. The zero-order valence-electron chi connectivity index (χ0n) is 12.8. The van der Waals surface area contributed by atoms with Crippen LogP contribution in [0, 0.1) is 10.1 Å². The lowest BCUT2D eigenvalue weighted by Gasteiger charge is -2.05. The van der Waals surface area contributed by atoms with Crippen molar-refractivity contribution >= 4 is 28.4 Å². The number of hydrogen-bond donors (Lipinski definition) is 1. The van der Waals surface area contributed by atoms with Gasteiger partial charge in [-0.1, -0.05) is 30.3 Å². The number of aryl methyl sites for hydroxylation is 2. The molecule has 0 aliphatic heterocycles. The normalized spacial score (nSPS) is 13.0. The fourth-order valence-electron chi connectivity index (χ4n) is 3.28. The van der Waals surface area contributed by atoms with E-state index in [0.717, 1.165) is 23.9 Å². The molecule has 0 atom stereocenters. The molecule has 3 aromatic carbocycles. The minimum atomic E-state index is -0.606. The summed E-state index contributed by atoms with van der Waals surface area (Å²) < 4.78 is 0. The Morgan fingerprint density at radius 2 is 1.79 bits per heavy atom. The van der Waals surface area contributed by atoms with Gasteiger partial charge in [-0.25, -0.2) is 0 Å². The molecule has 0 radical (unpaired) electrons. The molecule has 0 fully saturated rings. The van der Waals surface area contributed by atoms with Gasteiger partial charge in [0.25, 0.3) is 0 Å². The maximum absolute atomic E-state index is 10.9. The molecule has 1 N–H and O–H groups in total. The molecule has 4 rings (SSSR count). The lowest BCUT2D eigenvalue weighted by molar-refractivity contribution is -0.385. The smallest absolute Gasteiger partial charge is 0.311 e. The Bertz CT molecular complexity index is 999. The summed E-state index contributed by atoms with van der Waals surface area (Å²) in [6.45, 7) is 0. The summed E-state index contributed by atoms with van der Waals surface area (Å²) in [4.78, 5) is 14.8. The number of nitro benzene ring substituents is 1. The molecule has 0 saturated carbocycles. The van der Waals surface area contributed by atoms with Crippen LogP contribution in [0.4, 0.5) is 11.4 Å². The van der Waals surface area contributed by atoms with Crippen LogP contribution in [0.1, 0.15) is 16.7 Å². The van der Waals surface area contributed by atoms with Crippen LogP contribution in [0.5, 0.6) is 5.75 Å².